The smallest absolute Gasteiger partial charge is 0.191 e. The average molecular weight is 526 g/mol. The van der Waals surface area contributed by atoms with Gasteiger partial charge in [-0.15, -0.1) is 35.3 Å². The molecule has 0 aliphatic heterocycles. The van der Waals surface area contributed by atoms with Crippen LogP contribution >= 0.6 is 35.3 Å². The first kappa shape index (κ1) is 23.8. The second kappa shape index (κ2) is 10.9. The SMILES string of the molecule is CN=C(NCCc1ncc(C)s1)NCc1cc(F)ccc1CS(C)(=O)=O.I. The van der Waals surface area contributed by atoms with Gasteiger partial charge in [-0.1, -0.05) is 6.07 Å². The Morgan fingerprint density at radius 3 is 2.63 bits per heavy atom. The Morgan fingerprint density at radius 2 is 2.04 bits per heavy atom. The van der Waals surface area contributed by atoms with Crippen molar-refractivity contribution < 1.29 is 12.8 Å². The van der Waals surface area contributed by atoms with Crippen molar-refractivity contribution in [1.29, 1.82) is 0 Å². The Hall–Kier alpha value is -1.27. The molecule has 0 saturated heterocycles. The summed E-state index contributed by atoms with van der Waals surface area (Å²) in [5.41, 5.74) is 1.17. The van der Waals surface area contributed by atoms with Crippen LogP contribution in [0.5, 0.6) is 0 Å². The monoisotopic (exact) mass is 526 g/mol. The molecule has 0 fully saturated rings. The van der Waals surface area contributed by atoms with Gasteiger partial charge in [0.1, 0.15) is 5.82 Å². The van der Waals surface area contributed by atoms with Gasteiger partial charge in [-0.3, -0.25) is 4.99 Å². The first-order valence-electron chi connectivity index (χ1n) is 8.07. The Balaban J connectivity index is 0.00000364. The minimum atomic E-state index is -3.20. The predicted octanol–water partition coefficient (Wildman–Crippen LogP) is 2.66. The van der Waals surface area contributed by atoms with E-state index in [2.05, 4.69) is 20.6 Å². The highest BCUT2D eigenvalue weighted by Crippen LogP contribution is 2.14. The van der Waals surface area contributed by atoms with Crippen molar-refractivity contribution in [2.24, 2.45) is 4.99 Å². The van der Waals surface area contributed by atoms with E-state index >= 15 is 0 Å². The van der Waals surface area contributed by atoms with Crippen molar-refractivity contribution in [3.05, 3.63) is 51.2 Å². The van der Waals surface area contributed by atoms with E-state index in [0.29, 0.717) is 23.6 Å². The number of guanidine groups is 1. The van der Waals surface area contributed by atoms with Gasteiger partial charge in [-0.2, -0.15) is 0 Å². The molecule has 10 heteroatoms. The normalized spacial score (nSPS) is 11.8. The van der Waals surface area contributed by atoms with E-state index in [0.717, 1.165) is 17.7 Å². The molecule has 1 heterocycles. The first-order valence-corrected chi connectivity index (χ1v) is 11.0. The maximum atomic E-state index is 13.5. The Kier molecular flexibility index (Phi) is 9.60. The molecule has 0 bridgehead atoms. The molecule has 0 spiro atoms. The quantitative estimate of drug-likeness (QED) is 0.330. The zero-order chi connectivity index (χ0) is 19.2. The largest absolute Gasteiger partial charge is 0.356 e. The van der Waals surface area contributed by atoms with Crippen molar-refractivity contribution in [3.8, 4) is 0 Å². The predicted molar refractivity (Wildman–Crippen MR) is 119 cm³/mol. The lowest BCUT2D eigenvalue weighted by Crippen LogP contribution is -2.38. The van der Waals surface area contributed by atoms with E-state index in [1.807, 2.05) is 13.1 Å². The zero-order valence-electron chi connectivity index (χ0n) is 15.5. The molecule has 0 amide bonds. The molecule has 2 rings (SSSR count). The van der Waals surface area contributed by atoms with E-state index in [4.69, 9.17) is 0 Å². The number of nitrogens with one attached hydrogen (secondary N) is 2. The van der Waals surface area contributed by atoms with Crippen LogP contribution < -0.4 is 10.6 Å². The van der Waals surface area contributed by atoms with E-state index in [1.54, 1.807) is 18.4 Å². The molecule has 27 heavy (non-hydrogen) atoms. The van der Waals surface area contributed by atoms with Gasteiger partial charge < -0.3 is 10.6 Å². The van der Waals surface area contributed by atoms with Crippen LogP contribution in [0.2, 0.25) is 0 Å². The fourth-order valence-electron chi connectivity index (χ4n) is 2.39. The number of hydrogen-bond donors (Lipinski definition) is 2. The number of nitrogens with zero attached hydrogens (tertiary/aromatic N) is 2. The summed E-state index contributed by atoms with van der Waals surface area (Å²) in [6.07, 6.45) is 3.78. The summed E-state index contributed by atoms with van der Waals surface area (Å²) in [6, 6.07) is 4.13. The lowest BCUT2D eigenvalue weighted by molar-refractivity contribution is 0.599. The van der Waals surface area contributed by atoms with Crippen molar-refractivity contribution in [3.63, 3.8) is 0 Å². The van der Waals surface area contributed by atoms with Crippen molar-refractivity contribution in [2.75, 3.05) is 19.8 Å². The third-order valence-corrected chi connectivity index (χ3v) is 5.36. The van der Waals surface area contributed by atoms with Gasteiger partial charge in [0.05, 0.1) is 10.8 Å². The van der Waals surface area contributed by atoms with Crippen molar-refractivity contribution in [1.82, 2.24) is 15.6 Å². The summed E-state index contributed by atoms with van der Waals surface area (Å²) in [5.74, 6) is 0.0358. The minimum absolute atomic E-state index is 0. The summed E-state index contributed by atoms with van der Waals surface area (Å²) in [7, 11) is -1.56. The van der Waals surface area contributed by atoms with E-state index in [1.165, 1.54) is 23.1 Å². The molecule has 2 N–H and O–H groups in total. The summed E-state index contributed by atoms with van der Waals surface area (Å²) in [6.45, 7) is 2.95. The average Bonchev–Trinajstić information content (AvgIpc) is 2.97. The number of aromatic nitrogens is 1. The molecule has 0 saturated carbocycles. The maximum Gasteiger partial charge on any atom is 0.191 e. The van der Waals surface area contributed by atoms with Gasteiger partial charge in [0.2, 0.25) is 0 Å². The van der Waals surface area contributed by atoms with Crippen LogP contribution in [0.4, 0.5) is 4.39 Å². The summed E-state index contributed by atoms with van der Waals surface area (Å²) in [5, 5.41) is 7.31. The van der Waals surface area contributed by atoms with Gasteiger partial charge in [-0.05, 0) is 30.2 Å². The van der Waals surface area contributed by atoms with E-state index < -0.39 is 15.7 Å². The molecule has 0 atom stereocenters. The molecule has 1 aromatic heterocycles. The second-order valence-electron chi connectivity index (χ2n) is 5.95. The number of hydrogen-bond acceptors (Lipinski definition) is 5. The van der Waals surface area contributed by atoms with Crippen molar-refractivity contribution in [2.45, 2.75) is 25.6 Å². The molecular weight excluding hydrogens is 502 g/mol. The Bertz CT molecular complexity index is 885. The number of sulfone groups is 1. The standard InChI is InChI=1S/C17H23FN4O2S2.HI/c1-12-9-21-16(25-12)6-7-20-17(19-2)22-10-14-8-15(18)5-4-13(14)11-26(3,23)24;/h4-5,8-9H,6-7,10-11H2,1-3H3,(H2,19,20,22);1H. The molecule has 150 valence electrons. The van der Waals surface area contributed by atoms with Gasteiger partial charge in [0.25, 0.3) is 0 Å². The number of rotatable bonds is 7. The van der Waals surface area contributed by atoms with Crippen LogP contribution in [0, 0.1) is 12.7 Å². The van der Waals surface area contributed by atoms with Crippen LogP contribution in [-0.2, 0) is 28.6 Å². The van der Waals surface area contributed by atoms with Crippen LogP contribution in [-0.4, -0.2) is 39.2 Å². The molecular formula is C17H24FIN4O2S2. The molecule has 0 aliphatic carbocycles. The minimum Gasteiger partial charge on any atom is -0.356 e. The van der Waals surface area contributed by atoms with Gasteiger partial charge in [0.15, 0.2) is 15.8 Å². The molecule has 0 unspecified atom stereocenters. The van der Waals surface area contributed by atoms with Crippen LogP contribution in [0.15, 0.2) is 29.4 Å². The third-order valence-electron chi connectivity index (χ3n) is 3.56. The third kappa shape index (κ3) is 8.52. The van der Waals surface area contributed by atoms with E-state index in [9.17, 15) is 12.8 Å². The first-order chi connectivity index (χ1) is 12.3. The highest BCUT2D eigenvalue weighted by molar-refractivity contribution is 14.0. The topological polar surface area (TPSA) is 83.4 Å². The molecule has 0 aliphatic rings. The van der Waals surface area contributed by atoms with Crippen LogP contribution in [0.1, 0.15) is 21.0 Å². The zero-order valence-corrected chi connectivity index (χ0v) is 19.4. The number of thiazole rings is 1. The molecule has 6 nitrogen and oxygen atoms in total. The molecule has 0 radical (unpaired) electrons. The number of aliphatic imine (C=N–C) groups is 1. The maximum absolute atomic E-state index is 13.5. The second-order valence-corrected chi connectivity index (χ2v) is 9.41. The lowest BCUT2D eigenvalue weighted by Gasteiger charge is -2.14. The van der Waals surface area contributed by atoms with Crippen LogP contribution in [0.25, 0.3) is 0 Å². The fraction of sp³-hybridized carbons (Fsp3) is 0.412. The molecule has 2 aromatic rings. The van der Waals surface area contributed by atoms with Gasteiger partial charge in [-0.25, -0.2) is 17.8 Å². The summed E-state index contributed by atoms with van der Waals surface area (Å²) >= 11 is 1.66. The summed E-state index contributed by atoms with van der Waals surface area (Å²) < 4.78 is 36.7. The number of benzene rings is 1. The van der Waals surface area contributed by atoms with Crippen molar-refractivity contribution >= 4 is 51.1 Å². The van der Waals surface area contributed by atoms with E-state index in [-0.39, 0.29) is 36.3 Å². The highest BCUT2D eigenvalue weighted by Gasteiger charge is 2.11. The Morgan fingerprint density at radius 1 is 1.30 bits per heavy atom. The molecule has 1 aromatic carbocycles. The fourth-order valence-corrected chi connectivity index (χ4v) is 4.02. The Labute approximate surface area is 180 Å². The number of aryl methyl sites for hydroxylation is 1. The number of halogens is 2. The van der Waals surface area contributed by atoms with Gasteiger partial charge in [0, 0.05) is 43.9 Å². The summed E-state index contributed by atoms with van der Waals surface area (Å²) in [4.78, 5) is 9.61. The van der Waals surface area contributed by atoms with Gasteiger partial charge >= 0.3 is 0 Å². The lowest BCUT2D eigenvalue weighted by atomic mass is 10.1. The van der Waals surface area contributed by atoms with Crippen LogP contribution in [0.3, 0.4) is 0 Å². The highest BCUT2D eigenvalue weighted by atomic mass is 127.